The molecule has 0 unspecified atom stereocenters. The Bertz CT molecular complexity index is 642. The zero-order valence-electron chi connectivity index (χ0n) is 13.0. The van der Waals surface area contributed by atoms with Crippen molar-refractivity contribution in [2.45, 2.75) is 6.54 Å². The Labute approximate surface area is 130 Å². The Morgan fingerprint density at radius 1 is 0.955 bits per heavy atom. The molecule has 2 aromatic rings. The molecule has 2 rings (SSSR count). The molecule has 5 heteroatoms. The van der Waals surface area contributed by atoms with Crippen LogP contribution in [0.3, 0.4) is 0 Å². The van der Waals surface area contributed by atoms with Gasteiger partial charge in [-0.15, -0.1) is 0 Å². The molecule has 0 saturated carbocycles. The van der Waals surface area contributed by atoms with Gasteiger partial charge < -0.3 is 19.6 Å². The van der Waals surface area contributed by atoms with Crippen LogP contribution in [0.5, 0.6) is 17.2 Å². The highest BCUT2D eigenvalue weighted by atomic mass is 16.5. The van der Waals surface area contributed by atoms with Crippen LogP contribution in [0.25, 0.3) is 0 Å². The summed E-state index contributed by atoms with van der Waals surface area (Å²) in [5, 5.41) is 4.21. The van der Waals surface area contributed by atoms with Crippen LogP contribution >= 0.6 is 0 Å². The minimum absolute atomic E-state index is 0.598. The van der Waals surface area contributed by atoms with Crippen LogP contribution < -0.4 is 19.6 Å². The molecule has 0 spiro atoms. The highest BCUT2D eigenvalue weighted by Gasteiger charge is 2.03. The Morgan fingerprint density at radius 3 is 2.50 bits per heavy atom. The van der Waals surface area contributed by atoms with E-state index in [2.05, 4.69) is 10.5 Å². The van der Waals surface area contributed by atoms with Crippen LogP contribution in [0.1, 0.15) is 11.1 Å². The van der Waals surface area contributed by atoms with Gasteiger partial charge in [0.05, 0.1) is 34.1 Å². The predicted molar refractivity (Wildman–Crippen MR) is 87.0 cm³/mol. The number of methoxy groups -OCH3 is 3. The Balaban J connectivity index is 1.94. The molecule has 0 saturated heterocycles. The molecule has 22 heavy (non-hydrogen) atoms. The molecule has 5 nitrogen and oxygen atoms in total. The van der Waals surface area contributed by atoms with Gasteiger partial charge in [-0.3, -0.25) is 0 Å². The first-order valence-electron chi connectivity index (χ1n) is 6.87. The molecular weight excluding hydrogens is 280 g/mol. The number of nitrogens with one attached hydrogen (secondary N) is 1. The summed E-state index contributed by atoms with van der Waals surface area (Å²) in [6.45, 7) is 0.598. The van der Waals surface area contributed by atoms with Crippen molar-refractivity contribution in [1.82, 2.24) is 5.43 Å². The molecule has 0 amide bonds. The molecule has 0 aromatic heterocycles. The molecule has 0 aliphatic carbocycles. The lowest BCUT2D eigenvalue weighted by Gasteiger charge is -2.09. The SMILES string of the molecule is COc1cccc(/C=N\NCc2ccc(OC)c(OC)c2)c1. The normalized spacial score (nSPS) is 10.5. The Kier molecular flexibility index (Phi) is 5.65. The first-order valence-corrected chi connectivity index (χ1v) is 6.87. The maximum absolute atomic E-state index is 5.27. The third-order valence-electron chi connectivity index (χ3n) is 3.13. The fraction of sp³-hybridized carbons (Fsp3) is 0.235. The standard InChI is InChI=1S/C17H20N2O3/c1-20-15-6-4-5-13(9-15)11-18-19-12-14-7-8-16(21-2)17(10-14)22-3/h4-11,19H,12H2,1-3H3/b18-11-. The number of hydrazone groups is 1. The van der Waals surface area contributed by atoms with E-state index in [-0.39, 0.29) is 0 Å². The van der Waals surface area contributed by atoms with Gasteiger partial charge in [-0.2, -0.15) is 5.10 Å². The van der Waals surface area contributed by atoms with Crippen molar-refractivity contribution in [1.29, 1.82) is 0 Å². The van der Waals surface area contributed by atoms with Crippen molar-refractivity contribution in [3.05, 3.63) is 53.6 Å². The quantitative estimate of drug-likeness (QED) is 0.631. The summed E-state index contributed by atoms with van der Waals surface area (Å²) in [5.74, 6) is 2.23. The monoisotopic (exact) mass is 300 g/mol. The molecule has 0 atom stereocenters. The summed E-state index contributed by atoms with van der Waals surface area (Å²) >= 11 is 0. The van der Waals surface area contributed by atoms with Crippen molar-refractivity contribution in [2.75, 3.05) is 21.3 Å². The lowest BCUT2D eigenvalue weighted by molar-refractivity contribution is 0.354. The third-order valence-corrected chi connectivity index (χ3v) is 3.13. The summed E-state index contributed by atoms with van der Waals surface area (Å²) in [7, 11) is 4.88. The molecule has 0 aliphatic heterocycles. The molecule has 116 valence electrons. The van der Waals surface area contributed by atoms with E-state index in [9.17, 15) is 0 Å². The lowest BCUT2D eigenvalue weighted by Crippen LogP contribution is -2.06. The van der Waals surface area contributed by atoms with Crippen molar-refractivity contribution in [3.63, 3.8) is 0 Å². The van der Waals surface area contributed by atoms with Gasteiger partial charge in [-0.05, 0) is 35.4 Å². The number of benzene rings is 2. The summed E-state index contributed by atoms with van der Waals surface area (Å²) in [4.78, 5) is 0. The lowest BCUT2D eigenvalue weighted by atomic mass is 10.2. The summed E-state index contributed by atoms with van der Waals surface area (Å²) in [6, 6.07) is 13.5. The molecule has 0 fully saturated rings. The molecule has 0 heterocycles. The van der Waals surface area contributed by atoms with Crippen LogP contribution in [0, 0.1) is 0 Å². The van der Waals surface area contributed by atoms with E-state index in [0.717, 1.165) is 16.9 Å². The van der Waals surface area contributed by atoms with Crippen LogP contribution in [0.2, 0.25) is 0 Å². The second-order valence-corrected chi connectivity index (χ2v) is 4.56. The number of hydrogen-bond acceptors (Lipinski definition) is 5. The number of hydrogen-bond donors (Lipinski definition) is 1. The highest BCUT2D eigenvalue weighted by Crippen LogP contribution is 2.27. The topological polar surface area (TPSA) is 52.1 Å². The van der Waals surface area contributed by atoms with E-state index >= 15 is 0 Å². The molecule has 0 aliphatic rings. The van der Waals surface area contributed by atoms with Gasteiger partial charge >= 0.3 is 0 Å². The summed E-state index contributed by atoms with van der Waals surface area (Å²) in [5.41, 5.74) is 5.04. The van der Waals surface area contributed by atoms with Crippen LogP contribution in [-0.4, -0.2) is 27.5 Å². The molecule has 0 bridgehead atoms. The van der Waals surface area contributed by atoms with Gasteiger partial charge in [0.15, 0.2) is 11.5 Å². The number of rotatable bonds is 7. The van der Waals surface area contributed by atoms with Crippen LogP contribution in [0.15, 0.2) is 47.6 Å². The summed E-state index contributed by atoms with van der Waals surface area (Å²) in [6.07, 6.45) is 1.75. The average Bonchev–Trinajstić information content (AvgIpc) is 2.58. The van der Waals surface area contributed by atoms with Gasteiger partial charge in [0.25, 0.3) is 0 Å². The first-order chi connectivity index (χ1) is 10.8. The van der Waals surface area contributed by atoms with E-state index in [4.69, 9.17) is 14.2 Å². The second kappa shape index (κ2) is 7.93. The third kappa shape index (κ3) is 4.15. The van der Waals surface area contributed by atoms with E-state index in [1.165, 1.54) is 0 Å². The van der Waals surface area contributed by atoms with E-state index in [0.29, 0.717) is 18.0 Å². The van der Waals surface area contributed by atoms with Crippen molar-refractivity contribution < 1.29 is 14.2 Å². The Hall–Kier alpha value is -2.69. The Morgan fingerprint density at radius 2 is 1.77 bits per heavy atom. The van der Waals surface area contributed by atoms with Gasteiger partial charge in [0.2, 0.25) is 0 Å². The van der Waals surface area contributed by atoms with Gasteiger partial charge in [0.1, 0.15) is 5.75 Å². The molecular formula is C17H20N2O3. The van der Waals surface area contributed by atoms with E-state index in [1.54, 1.807) is 27.5 Å². The zero-order chi connectivity index (χ0) is 15.8. The smallest absolute Gasteiger partial charge is 0.161 e. The minimum atomic E-state index is 0.598. The first kappa shape index (κ1) is 15.7. The largest absolute Gasteiger partial charge is 0.497 e. The second-order valence-electron chi connectivity index (χ2n) is 4.56. The minimum Gasteiger partial charge on any atom is -0.497 e. The highest BCUT2D eigenvalue weighted by molar-refractivity contribution is 5.79. The molecule has 1 N–H and O–H groups in total. The van der Waals surface area contributed by atoms with E-state index < -0.39 is 0 Å². The summed E-state index contributed by atoms with van der Waals surface area (Å²) < 4.78 is 15.7. The van der Waals surface area contributed by atoms with Crippen LogP contribution in [0.4, 0.5) is 0 Å². The maximum Gasteiger partial charge on any atom is 0.161 e. The van der Waals surface area contributed by atoms with Gasteiger partial charge in [0, 0.05) is 0 Å². The van der Waals surface area contributed by atoms with Crippen molar-refractivity contribution in [2.24, 2.45) is 5.10 Å². The maximum atomic E-state index is 5.27. The predicted octanol–water partition coefficient (Wildman–Crippen LogP) is 2.84. The van der Waals surface area contributed by atoms with E-state index in [1.807, 2.05) is 42.5 Å². The van der Waals surface area contributed by atoms with Crippen molar-refractivity contribution in [3.8, 4) is 17.2 Å². The fourth-order valence-corrected chi connectivity index (χ4v) is 1.97. The molecule has 2 aromatic carbocycles. The average molecular weight is 300 g/mol. The number of nitrogens with zero attached hydrogens (tertiary/aromatic N) is 1. The zero-order valence-corrected chi connectivity index (χ0v) is 13.0. The van der Waals surface area contributed by atoms with Crippen molar-refractivity contribution >= 4 is 6.21 Å². The number of ether oxygens (including phenoxy) is 3. The fourth-order valence-electron chi connectivity index (χ4n) is 1.97. The van der Waals surface area contributed by atoms with Gasteiger partial charge in [-0.1, -0.05) is 18.2 Å². The van der Waals surface area contributed by atoms with Crippen LogP contribution in [-0.2, 0) is 6.54 Å². The van der Waals surface area contributed by atoms with Gasteiger partial charge in [-0.25, -0.2) is 0 Å². The molecule has 0 radical (unpaired) electrons.